The van der Waals surface area contributed by atoms with Gasteiger partial charge in [-0.25, -0.2) is 9.97 Å². The number of anilines is 1. The van der Waals surface area contributed by atoms with Crippen LogP contribution in [0, 0.1) is 0 Å². The van der Waals surface area contributed by atoms with Crippen molar-refractivity contribution < 1.29 is 4.79 Å². The van der Waals surface area contributed by atoms with Gasteiger partial charge >= 0.3 is 0 Å². The fourth-order valence-corrected chi connectivity index (χ4v) is 2.46. The van der Waals surface area contributed by atoms with E-state index in [2.05, 4.69) is 9.97 Å². The van der Waals surface area contributed by atoms with Gasteiger partial charge in [0.15, 0.2) is 0 Å². The molecule has 0 bridgehead atoms. The van der Waals surface area contributed by atoms with Crippen molar-refractivity contribution in [3.8, 4) is 0 Å². The summed E-state index contributed by atoms with van der Waals surface area (Å²) in [6.07, 6.45) is 2.20. The first-order chi connectivity index (χ1) is 9.77. The third-order valence-electron chi connectivity index (χ3n) is 3.57. The van der Waals surface area contributed by atoms with Crippen molar-refractivity contribution >= 4 is 23.3 Å². The van der Waals surface area contributed by atoms with Crippen LogP contribution >= 0.6 is 11.6 Å². The normalized spacial score (nSPS) is 15.4. The van der Waals surface area contributed by atoms with E-state index >= 15 is 0 Å². The molecule has 0 aromatic carbocycles. The van der Waals surface area contributed by atoms with Gasteiger partial charge in [-0.3, -0.25) is 4.79 Å². The Bertz CT molecular complexity index is 521. The Balaban J connectivity index is 2.13. The van der Waals surface area contributed by atoms with Crippen LogP contribution in [0.1, 0.15) is 39.4 Å². The molecule has 0 radical (unpaired) electrons. The zero-order valence-electron chi connectivity index (χ0n) is 13.2. The van der Waals surface area contributed by atoms with Gasteiger partial charge in [0.25, 0.3) is 0 Å². The van der Waals surface area contributed by atoms with Gasteiger partial charge in [-0.1, -0.05) is 32.4 Å². The van der Waals surface area contributed by atoms with Crippen LogP contribution < -0.4 is 4.90 Å². The molecule has 2 rings (SSSR count). The first kappa shape index (κ1) is 16.0. The van der Waals surface area contributed by atoms with Gasteiger partial charge in [-0.05, 0) is 12.8 Å². The van der Waals surface area contributed by atoms with E-state index in [0.717, 1.165) is 25.9 Å². The van der Waals surface area contributed by atoms with Crippen LogP contribution in [0.2, 0.25) is 5.15 Å². The molecule has 0 aliphatic carbocycles. The number of hydrogen-bond donors (Lipinski definition) is 0. The molecule has 0 spiro atoms. The molecule has 0 atom stereocenters. The Morgan fingerprint density at radius 1 is 1.33 bits per heavy atom. The van der Waals surface area contributed by atoms with Crippen LogP contribution in [0.4, 0.5) is 5.82 Å². The highest BCUT2D eigenvalue weighted by molar-refractivity contribution is 6.29. The first-order valence-electron chi connectivity index (χ1n) is 7.31. The van der Waals surface area contributed by atoms with Crippen molar-refractivity contribution in [3.63, 3.8) is 0 Å². The largest absolute Gasteiger partial charge is 0.350 e. The zero-order valence-corrected chi connectivity index (χ0v) is 13.9. The predicted molar refractivity (Wildman–Crippen MR) is 84.8 cm³/mol. The molecule has 21 heavy (non-hydrogen) atoms. The molecule has 1 aromatic rings. The summed E-state index contributed by atoms with van der Waals surface area (Å²) in [5, 5.41) is 0.408. The molecule has 1 fully saturated rings. The lowest BCUT2D eigenvalue weighted by molar-refractivity contribution is -0.128. The number of halogens is 1. The summed E-state index contributed by atoms with van der Waals surface area (Å²) in [7, 11) is 1.86. The maximum atomic E-state index is 12.2. The number of rotatable bonds is 3. The Labute approximate surface area is 131 Å². The van der Waals surface area contributed by atoms with Crippen LogP contribution in [0.3, 0.4) is 0 Å². The third kappa shape index (κ3) is 4.06. The number of carbonyl (C=O) groups is 1. The highest BCUT2D eigenvalue weighted by Gasteiger charge is 2.22. The summed E-state index contributed by atoms with van der Waals surface area (Å²) in [6.45, 7) is 8.17. The van der Waals surface area contributed by atoms with Crippen molar-refractivity contribution in [3.05, 3.63) is 17.0 Å². The Morgan fingerprint density at radius 2 is 1.95 bits per heavy atom. The van der Waals surface area contributed by atoms with Gasteiger partial charge in [-0.15, -0.1) is 0 Å². The van der Waals surface area contributed by atoms with Crippen LogP contribution in [-0.2, 0) is 10.2 Å². The molecule has 1 aliphatic heterocycles. The lowest BCUT2D eigenvalue weighted by Gasteiger charge is -2.24. The van der Waals surface area contributed by atoms with Gasteiger partial charge in [0.1, 0.15) is 16.8 Å². The second-order valence-electron chi connectivity index (χ2n) is 6.57. The molecule has 5 nitrogen and oxygen atoms in total. The maximum Gasteiger partial charge on any atom is 0.242 e. The van der Waals surface area contributed by atoms with Crippen molar-refractivity contribution in [1.82, 2.24) is 14.9 Å². The van der Waals surface area contributed by atoms with Gasteiger partial charge in [-0.2, -0.15) is 0 Å². The van der Waals surface area contributed by atoms with Crippen molar-refractivity contribution in [2.75, 3.05) is 31.6 Å². The van der Waals surface area contributed by atoms with Gasteiger partial charge in [0, 0.05) is 31.6 Å². The third-order valence-corrected chi connectivity index (χ3v) is 3.77. The quantitative estimate of drug-likeness (QED) is 0.805. The maximum absolute atomic E-state index is 12.2. The van der Waals surface area contributed by atoms with E-state index in [9.17, 15) is 4.79 Å². The molecule has 0 N–H and O–H groups in total. The number of likely N-dealkylation sites (N-methyl/N-ethyl adjacent to an activating group) is 1. The van der Waals surface area contributed by atoms with Crippen molar-refractivity contribution in [2.24, 2.45) is 0 Å². The second kappa shape index (κ2) is 6.18. The lowest BCUT2D eigenvalue weighted by Crippen LogP contribution is -2.37. The van der Waals surface area contributed by atoms with Crippen LogP contribution in [0.15, 0.2) is 6.07 Å². The number of aromatic nitrogens is 2. The molecule has 1 saturated heterocycles. The fraction of sp³-hybridized carbons (Fsp3) is 0.667. The van der Waals surface area contributed by atoms with Crippen molar-refractivity contribution in [2.45, 2.75) is 39.0 Å². The summed E-state index contributed by atoms with van der Waals surface area (Å²) in [6, 6.07) is 1.70. The van der Waals surface area contributed by atoms with E-state index in [0.29, 0.717) is 23.3 Å². The number of likely N-dealkylation sites (tertiary alicyclic amines) is 1. The zero-order chi connectivity index (χ0) is 15.6. The van der Waals surface area contributed by atoms with Crippen LogP contribution in [-0.4, -0.2) is 47.5 Å². The van der Waals surface area contributed by atoms with Gasteiger partial charge in [0.2, 0.25) is 5.91 Å². The topological polar surface area (TPSA) is 49.3 Å². The average molecular weight is 311 g/mol. The van der Waals surface area contributed by atoms with Gasteiger partial charge in [0.05, 0.1) is 6.54 Å². The van der Waals surface area contributed by atoms with Crippen LogP contribution in [0.5, 0.6) is 0 Å². The second-order valence-corrected chi connectivity index (χ2v) is 6.95. The minimum atomic E-state index is -0.181. The van der Waals surface area contributed by atoms with Gasteiger partial charge < -0.3 is 9.80 Å². The first-order valence-corrected chi connectivity index (χ1v) is 7.69. The molecule has 1 amide bonds. The summed E-state index contributed by atoms with van der Waals surface area (Å²) in [4.78, 5) is 24.8. The van der Waals surface area contributed by atoms with Crippen LogP contribution in [0.25, 0.3) is 0 Å². The molecular weight excluding hydrogens is 288 g/mol. The molecule has 0 saturated carbocycles. The fourth-order valence-electron chi connectivity index (χ4n) is 2.29. The molecule has 1 aromatic heterocycles. The van der Waals surface area contributed by atoms with E-state index in [1.807, 2.05) is 37.6 Å². The molecule has 116 valence electrons. The predicted octanol–water partition coefficient (Wildman–Crippen LogP) is 2.49. The number of nitrogens with zero attached hydrogens (tertiary/aromatic N) is 4. The van der Waals surface area contributed by atoms with E-state index in [1.54, 1.807) is 6.07 Å². The highest BCUT2D eigenvalue weighted by Crippen LogP contribution is 2.23. The smallest absolute Gasteiger partial charge is 0.242 e. The molecular formula is C15H23ClN4O. The summed E-state index contributed by atoms with van der Waals surface area (Å²) >= 11 is 6.09. The lowest BCUT2D eigenvalue weighted by atomic mass is 9.96. The highest BCUT2D eigenvalue weighted by atomic mass is 35.5. The standard InChI is InChI=1S/C15H23ClN4O/c1-15(2,3)14-17-11(16)9-12(18-14)19(4)10-13(21)20-7-5-6-8-20/h9H,5-8,10H2,1-4H3. The monoisotopic (exact) mass is 310 g/mol. The average Bonchev–Trinajstić information content (AvgIpc) is 2.90. The summed E-state index contributed by atoms with van der Waals surface area (Å²) in [5.41, 5.74) is -0.181. The Hall–Kier alpha value is -1.36. The summed E-state index contributed by atoms with van der Waals surface area (Å²) < 4.78 is 0. The van der Waals surface area contributed by atoms with E-state index in [-0.39, 0.29) is 11.3 Å². The van der Waals surface area contributed by atoms with E-state index in [4.69, 9.17) is 11.6 Å². The minimum absolute atomic E-state index is 0.141. The SMILES string of the molecule is CN(CC(=O)N1CCCC1)c1cc(Cl)nc(C(C)(C)C)n1. The van der Waals surface area contributed by atoms with E-state index < -0.39 is 0 Å². The number of carbonyl (C=O) groups excluding carboxylic acids is 1. The molecule has 0 unspecified atom stereocenters. The van der Waals surface area contributed by atoms with Crippen molar-refractivity contribution in [1.29, 1.82) is 0 Å². The number of amides is 1. The molecule has 2 heterocycles. The summed E-state index contributed by atoms with van der Waals surface area (Å²) in [5.74, 6) is 1.51. The van der Waals surface area contributed by atoms with E-state index in [1.165, 1.54) is 0 Å². The molecule has 1 aliphatic rings. The minimum Gasteiger partial charge on any atom is -0.350 e. The Kier molecular flexibility index (Phi) is 4.71. The molecule has 6 heteroatoms. The Morgan fingerprint density at radius 3 is 2.52 bits per heavy atom. The number of hydrogen-bond acceptors (Lipinski definition) is 4.